The molecule has 7 heteroatoms. The molecule has 0 saturated heterocycles. The van der Waals surface area contributed by atoms with Gasteiger partial charge in [-0.05, 0) is 34.3 Å². The first-order valence-corrected chi connectivity index (χ1v) is 7.20. The molecule has 96 valence electrons. The van der Waals surface area contributed by atoms with Crippen LogP contribution in [0.4, 0.5) is 17.6 Å². The largest absolute Gasteiger partial charge is 0.370 e. The Labute approximate surface area is 118 Å². The van der Waals surface area contributed by atoms with Gasteiger partial charge in [-0.3, -0.25) is 0 Å². The molecule has 0 spiro atoms. The van der Waals surface area contributed by atoms with Crippen LogP contribution in [0.5, 0.6) is 0 Å². The maximum Gasteiger partial charge on any atom is 0.223 e. The summed E-state index contributed by atoms with van der Waals surface area (Å²) >= 11 is 5.18. The van der Waals surface area contributed by atoms with Crippen LogP contribution in [0.15, 0.2) is 22.0 Å². The SMILES string of the molecule is CCNc1cc(NCc2sccc2Br)nc(N)n1. The van der Waals surface area contributed by atoms with Gasteiger partial charge in [0, 0.05) is 22.0 Å². The monoisotopic (exact) mass is 327 g/mol. The molecule has 2 aromatic heterocycles. The second-order valence-electron chi connectivity index (χ2n) is 3.57. The predicted molar refractivity (Wildman–Crippen MR) is 80.0 cm³/mol. The number of halogens is 1. The van der Waals surface area contributed by atoms with E-state index in [-0.39, 0.29) is 5.95 Å². The molecular weight excluding hydrogens is 314 g/mol. The van der Waals surface area contributed by atoms with Crippen molar-refractivity contribution in [1.29, 1.82) is 0 Å². The summed E-state index contributed by atoms with van der Waals surface area (Å²) in [5.74, 6) is 1.72. The first kappa shape index (κ1) is 13.1. The number of rotatable bonds is 5. The summed E-state index contributed by atoms with van der Waals surface area (Å²) in [6.07, 6.45) is 0. The molecule has 2 rings (SSSR count). The molecule has 0 saturated carbocycles. The molecule has 18 heavy (non-hydrogen) atoms. The summed E-state index contributed by atoms with van der Waals surface area (Å²) in [7, 11) is 0. The Bertz CT molecular complexity index is 528. The van der Waals surface area contributed by atoms with Crippen LogP contribution in [0.3, 0.4) is 0 Å². The van der Waals surface area contributed by atoms with Crippen molar-refractivity contribution in [3.8, 4) is 0 Å². The van der Waals surface area contributed by atoms with E-state index in [4.69, 9.17) is 5.73 Å². The molecule has 0 atom stereocenters. The number of nitrogens with one attached hydrogen (secondary N) is 2. The summed E-state index contributed by atoms with van der Waals surface area (Å²) < 4.78 is 1.11. The summed E-state index contributed by atoms with van der Waals surface area (Å²) in [6.45, 7) is 3.51. The minimum Gasteiger partial charge on any atom is -0.370 e. The number of hydrogen-bond acceptors (Lipinski definition) is 6. The van der Waals surface area contributed by atoms with Crippen LogP contribution in [0, 0.1) is 0 Å². The average Bonchev–Trinajstić information content (AvgIpc) is 2.72. The zero-order valence-corrected chi connectivity index (χ0v) is 12.3. The van der Waals surface area contributed by atoms with E-state index in [2.05, 4.69) is 36.5 Å². The summed E-state index contributed by atoms with van der Waals surface area (Å²) in [6, 6.07) is 3.88. The van der Waals surface area contributed by atoms with Crippen molar-refractivity contribution >= 4 is 44.9 Å². The van der Waals surface area contributed by atoms with Gasteiger partial charge in [0.25, 0.3) is 0 Å². The molecule has 0 aliphatic heterocycles. The van der Waals surface area contributed by atoms with Gasteiger partial charge in [0.1, 0.15) is 11.6 Å². The topological polar surface area (TPSA) is 75.9 Å². The fourth-order valence-corrected chi connectivity index (χ4v) is 2.88. The first-order valence-electron chi connectivity index (χ1n) is 5.53. The molecule has 0 aliphatic carbocycles. The lowest BCUT2D eigenvalue weighted by Crippen LogP contribution is -2.07. The van der Waals surface area contributed by atoms with E-state index in [1.807, 2.05) is 24.4 Å². The van der Waals surface area contributed by atoms with Gasteiger partial charge < -0.3 is 16.4 Å². The van der Waals surface area contributed by atoms with Crippen molar-refractivity contribution < 1.29 is 0 Å². The zero-order chi connectivity index (χ0) is 13.0. The number of nitrogens with two attached hydrogens (primary N) is 1. The van der Waals surface area contributed by atoms with Crippen molar-refractivity contribution in [2.75, 3.05) is 22.9 Å². The number of thiophene rings is 1. The van der Waals surface area contributed by atoms with E-state index in [0.717, 1.165) is 22.7 Å². The van der Waals surface area contributed by atoms with Crippen LogP contribution in [0.2, 0.25) is 0 Å². The van der Waals surface area contributed by atoms with Crippen LogP contribution in [0.1, 0.15) is 11.8 Å². The van der Waals surface area contributed by atoms with Crippen LogP contribution in [-0.2, 0) is 6.54 Å². The van der Waals surface area contributed by atoms with E-state index < -0.39 is 0 Å². The fourth-order valence-electron chi connectivity index (χ4n) is 1.45. The Hall–Kier alpha value is -1.34. The molecule has 0 bridgehead atoms. The highest BCUT2D eigenvalue weighted by atomic mass is 79.9. The smallest absolute Gasteiger partial charge is 0.223 e. The molecule has 0 unspecified atom stereocenters. The quantitative estimate of drug-likeness (QED) is 0.787. The standard InChI is InChI=1S/C11H14BrN5S/c1-2-14-9-5-10(17-11(13)16-9)15-6-8-7(12)3-4-18-8/h3-5H,2,6H2,1H3,(H4,13,14,15,16,17). The van der Waals surface area contributed by atoms with Gasteiger partial charge in [-0.25, -0.2) is 0 Å². The first-order chi connectivity index (χ1) is 8.69. The minimum absolute atomic E-state index is 0.265. The number of hydrogen-bond donors (Lipinski definition) is 3. The van der Waals surface area contributed by atoms with Crippen molar-refractivity contribution in [2.24, 2.45) is 0 Å². The number of aromatic nitrogens is 2. The number of nitrogen functional groups attached to an aromatic ring is 1. The van der Waals surface area contributed by atoms with Crippen molar-refractivity contribution in [1.82, 2.24) is 9.97 Å². The van der Waals surface area contributed by atoms with Crippen molar-refractivity contribution in [2.45, 2.75) is 13.5 Å². The minimum atomic E-state index is 0.265. The highest BCUT2D eigenvalue weighted by Crippen LogP contribution is 2.23. The summed E-state index contributed by atoms with van der Waals surface area (Å²) in [5.41, 5.74) is 5.66. The van der Waals surface area contributed by atoms with E-state index in [1.165, 1.54) is 4.88 Å². The Morgan fingerprint density at radius 1 is 1.33 bits per heavy atom. The van der Waals surface area contributed by atoms with E-state index >= 15 is 0 Å². The van der Waals surface area contributed by atoms with E-state index in [1.54, 1.807) is 11.3 Å². The zero-order valence-electron chi connectivity index (χ0n) is 9.90. The third-order valence-corrected chi connectivity index (χ3v) is 4.15. The molecule has 0 amide bonds. The number of nitrogens with zero attached hydrogens (tertiary/aromatic N) is 2. The van der Waals surface area contributed by atoms with Crippen LogP contribution in [0.25, 0.3) is 0 Å². The van der Waals surface area contributed by atoms with Crippen LogP contribution in [-0.4, -0.2) is 16.5 Å². The fraction of sp³-hybridized carbons (Fsp3) is 0.273. The summed E-state index contributed by atoms with van der Waals surface area (Å²) in [5, 5.41) is 8.39. The molecule has 0 aromatic carbocycles. The third-order valence-electron chi connectivity index (χ3n) is 2.22. The molecule has 5 nitrogen and oxygen atoms in total. The second-order valence-corrected chi connectivity index (χ2v) is 5.43. The molecule has 0 fully saturated rings. The number of anilines is 3. The Balaban J connectivity index is 2.07. The Morgan fingerprint density at radius 2 is 2.06 bits per heavy atom. The Kier molecular flexibility index (Phi) is 4.38. The normalized spacial score (nSPS) is 10.3. The lowest BCUT2D eigenvalue weighted by atomic mass is 10.4. The van der Waals surface area contributed by atoms with Gasteiger partial charge in [0.05, 0.1) is 6.54 Å². The molecule has 2 aromatic rings. The molecule has 4 N–H and O–H groups in total. The van der Waals surface area contributed by atoms with Gasteiger partial charge >= 0.3 is 0 Å². The highest BCUT2D eigenvalue weighted by Gasteiger charge is 2.04. The van der Waals surface area contributed by atoms with Gasteiger partial charge in [-0.15, -0.1) is 11.3 Å². The van der Waals surface area contributed by atoms with Gasteiger partial charge in [0.2, 0.25) is 5.95 Å². The van der Waals surface area contributed by atoms with Crippen LogP contribution >= 0.6 is 27.3 Å². The lowest BCUT2D eigenvalue weighted by Gasteiger charge is -2.08. The van der Waals surface area contributed by atoms with Crippen LogP contribution < -0.4 is 16.4 Å². The Morgan fingerprint density at radius 3 is 2.67 bits per heavy atom. The second kappa shape index (κ2) is 6.01. The average molecular weight is 328 g/mol. The van der Waals surface area contributed by atoms with Gasteiger partial charge in [0.15, 0.2) is 0 Å². The maximum atomic E-state index is 5.66. The van der Waals surface area contributed by atoms with Gasteiger partial charge in [-0.1, -0.05) is 0 Å². The third kappa shape index (κ3) is 3.33. The maximum absolute atomic E-state index is 5.66. The van der Waals surface area contributed by atoms with Crippen molar-refractivity contribution in [3.63, 3.8) is 0 Å². The van der Waals surface area contributed by atoms with Crippen molar-refractivity contribution in [3.05, 3.63) is 26.9 Å². The molecular formula is C11H14BrN5S. The molecule has 0 radical (unpaired) electrons. The predicted octanol–water partition coefficient (Wildman–Crippen LogP) is 2.93. The molecule has 2 heterocycles. The van der Waals surface area contributed by atoms with Gasteiger partial charge in [-0.2, -0.15) is 9.97 Å². The molecule has 0 aliphatic rings. The van der Waals surface area contributed by atoms with E-state index in [9.17, 15) is 0 Å². The summed E-state index contributed by atoms with van der Waals surface area (Å²) in [4.78, 5) is 9.46. The lowest BCUT2D eigenvalue weighted by molar-refractivity contribution is 1.09. The highest BCUT2D eigenvalue weighted by molar-refractivity contribution is 9.10. The van der Waals surface area contributed by atoms with E-state index in [0.29, 0.717) is 6.54 Å².